The number of anilines is 1. The molecule has 0 aromatic heterocycles. The summed E-state index contributed by atoms with van der Waals surface area (Å²) in [7, 11) is 1.63. The number of hydrogen-bond acceptors (Lipinski definition) is 4. The second-order valence-electron chi connectivity index (χ2n) is 6.02. The molecular weight excluding hydrogens is 306 g/mol. The third-order valence-electron chi connectivity index (χ3n) is 4.81. The van der Waals surface area contributed by atoms with Gasteiger partial charge in [-0.25, -0.2) is 4.79 Å². The Morgan fingerprint density at radius 2 is 1.83 bits per heavy atom. The van der Waals surface area contributed by atoms with E-state index in [-0.39, 0.29) is 18.9 Å². The largest absolute Gasteiger partial charge is 0.465 e. The van der Waals surface area contributed by atoms with Gasteiger partial charge in [-0.1, -0.05) is 36.4 Å². The van der Waals surface area contributed by atoms with Crippen molar-refractivity contribution in [1.29, 1.82) is 0 Å². The van der Waals surface area contributed by atoms with Gasteiger partial charge in [-0.2, -0.15) is 0 Å². The van der Waals surface area contributed by atoms with Crippen LogP contribution < -0.4 is 10.2 Å². The molecule has 1 amide bonds. The average molecular weight is 327 g/mol. The Morgan fingerprint density at radius 1 is 1.12 bits per heavy atom. The fourth-order valence-electron chi connectivity index (χ4n) is 3.49. The maximum absolute atomic E-state index is 12.3. The van der Waals surface area contributed by atoms with Crippen LogP contribution in [0.25, 0.3) is 10.8 Å². The predicted molar refractivity (Wildman–Crippen MR) is 93.4 cm³/mol. The minimum atomic E-state index is -1.24. The summed E-state index contributed by atoms with van der Waals surface area (Å²) in [6.07, 6.45) is -1.09. The highest BCUT2D eigenvalue weighted by molar-refractivity contribution is 5.95. The first kappa shape index (κ1) is 16.3. The fourth-order valence-corrected chi connectivity index (χ4v) is 3.49. The molecule has 1 saturated heterocycles. The zero-order valence-corrected chi connectivity index (χ0v) is 13.8. The van der Waals surface area contributed by atoms with Gasteiger partial charge in [-0.05, 0) is 25.4 Å². The van der Waals surface area contributed by atoms with Gasteiger partial charge in [0.25, 0.3) is 0 Å². The first-order chi connectivity index (χ1) is 11.5. The number of carbonyl (C=O) groups is 2. The van der Waals surface area contributed by atoms with Gasteiger partial charge in [0, 0.05) is 24.2 Å². The molecule has 2 aromatic rings. The number of carbonyl (C=O) groups excluding carboxylic acids is 1. The summed E-state index contributed by atoms with van der Waals surface area (Å²) in [4.78, 5) is 27.2. The van der Waals surface area contributed by atoms with E-state index in [1.54, 1.807) is 7.05 Å². The number of benzene rings is 2. The number of rotatable bonds is 3. The normalized spacial score (nSPS) is 21.1. The lowest BCUT2D eigenvalue weighted by Gasteiger charge is -2.48. The molecule has 0 radical (unpaired) electrons. The molecule has 1 aliphatic rings. The molecule has 3 rings (SSSR count). The maximum Gasteiger partial charge on any atom is 0.409 e. The standard InChI is InChI=1S/C18H21N3O3/c1-13(22)18(19-2)12-20(10-11-21(18)17(23)24)16-9-5-7-14-6-3-4-8-15(14)16/h3-9,19H,10-12H2,1-2H3,(H,23,24). The molecule has 24 heavy (non-hydrogen) atoms. The van der Waals surface area contributed by atoms with Crippen LogP contribution in [0.2, 0.25) is 0 Å². The van der Waals surface area contributed by atoms with E-state index in [1.807, 2.05) is 42.5 Å². The zero-order valence-electron chi connectivity index (χ0n) is 13.8. The summed E-state index contributed by atoms with van der Waals surface area (Å²) in [6, 6.07) is 14.1. The van der Waals surface area contributed by atoms with Gasteiger partial charge in [0.1, 0.15) is 0 Å². The van der Waals surface area contributed by atoms with E-state index in [0.29, 0.717) is 6.54 Å². The molecule has 0 aliphatic carbocycles. The highest BCUT2D eigenvalue weighted by Gasteiger charge is 2.47. The number of likely N-dealkylation sites (N-methyl/N-ethyl adjacent to an activating group) is 1. The van der Waals surface area contributed by atoms with Crippen molar-refractivity contribution in [3.05, 3.63) is 42.5 Å². The Hall–Kier alpha value is -2.60. The van der Waals surface area contributed by atoms with Crippen LogP contribution in [0.3, 0.4) is 0 Å². The fraction of sp³-hybridized carbons (Fsp3) is 0.333. The summed E-state index contributed by atoms with van der Waals surface area (Å²) in [5.41, 5.74) is -0.222. The van der Waals surface area contributed by atoms with E-state index in [4.69, 9.17) is 0 Å². The van der Waals surface area contributed by atoms with E-state index in [9.17, 15) is 14.7 Å². The third kappa shape index (κ3) is 2.49. The Morgan fingerprint density at radius 3 is 2.50 bits per heavy atom. The molecule has 0 saturated carbocycles. The van der Waals surface area contributed by atoms with E-state index in [2.05, 4.69) is 10.2 Å². The first-order valence-electron chi connectivity index (χ1n) is 7.93. The van der Waals surface area contributed by atoms with Crippen molar-refractivity contribution in [3.63, 3.8) is 0 Å². The lowest BCUT2D eigenvalue weighted by Crippen LogP contribution is -2.73. The second-order valence-corrected chi connectivity index (χ2v) is 6.02. The molecule has 0 spiro atoms. The van der Waals surface area contributed by atoms with Crippen molar-refractivity contribution in [2.45, 2.75) is 12.6 Å². The summed E-state index contributed by atoms with van der Waals surface area (Å²) in [5, 5.41) is 14.7. The zero-order chi connectivity index (χ0) is 17.3. The number of ketones is 1. The Kier molecular flexibility index (Phi) is 4.15. The van der Waals surface area contributed by atoms with Gasteiger partial charge < -0.3 is 10.0 Å². The van der Waals surface area contributed by atoms with Gasteiger partial charge in [0.15, 0.2) is 11.4 Å². The van der Waals surface area contributed by atoms with E-state index >= 15 is 0 Å². The molecule has 1 fully saturated rings. The van der Waals surface area contributed by atoms with Crippen molar-refractivity contribution in [2.75, 3.05) is 31.6 Å². The first-order valence-corrected chi connectivity index (χ1v) is 7.93. The number of Topliss-reactive ketones (excluding diaryl/α,β-unsaturated/α-hetero) is 1. The Bertz CT molecular complexity index is 787. The van der Waals surface area contributed by atoms with Gasteiger partial charge in [-0.3, -0.25) is 15.0 Å². The Labute approximate surface area is 140 Å². The molecule has 126 valence electrons. The number of nitrogens with zero attached hydrogens (tertiary/aromatic N) is 2. The van der Waals surface area contributed by atoms with E-state index < -0.39 is 11.8 Å². The minimum Gasteiger partial charge on any atom is -0.465 e. The molecule has 2 N–H and O–H groups in total. The molecule has 1 atom stereocenters. The summed E-state index contributed by atoms with van der Waals surface area (Å²) in [6.45, 7) is 2.51. The van der Waals surface area contributed by atoms with Crippen LogP contribution in [0.4, 0.5) is 10.5 Å². The number of carboxylic acid groups (broad SMARTS) is 1. The topological polar surface area (TPSA) is 72.9 Å². The number of nitrogens with one attached hydrogen (secondary N) is 1. The monoisotopic (exact) mass is 327 g/mol. The molecule has 1 heterocycles. The summed E-state index contributed by atoms with van der Waals surface area (Å²) in [5.74, 6) is -0.211. The van der Waals surface area contributed by atoms with Crippen LogP contribution in [0.5, 0.6) is 0 Å². The third-order valence-corrected chi connectivity index (χ3v) is 4.81. The van der Waals surface area contributed by atoms with Crippen molar-refractivity contribution in [2.24, 2.45) is 0 Å². The minimum absolute atomic E-state index is 0.211. The van der Waals surface area contributed by atoms with Gasteiger partial charge in [0.2, 0.25) is 0 Å². The van der Waals surface area contributed by atoms with Gasteiger partial charge in [0.05, 0.1) is 6.54 Å². The van der Waals surface area contributed by atoms with Crippen molar-refractivity contribution >= 4 is 28.3 Å². The lowest BCUT2D eigenvalue weighted by molar-refractivity contribution is -0.130. The molecule has 6 nitrogen and oxygen atoms in total. The number of piperazine rings is 1. The predicted octanol–water partition coefficient (Wildman–Crippen LogP) is 2.14. The van der Waals surface area contributed by atoms with E-state index in [0.717, 1.165) is 16.5 Å². The Balaban J connectivity index is 2.04. The second kappa shape index (κ2) is 6.13. The van der Waals surface area contributed by atoms with Crippen LogP contribution in [-0.4, -0.2) is 54.2 Å². The quantitative estimate of drug-likeness (QED) is 0.904. The van der Waals surface area contributed by atoms with Crippen LogP contribution in [0, 0.1) is 0 Å². The molecule has 1 aliphatic heterocycles. The average Bonchev–Trinajstić information content (AvgIpc) is 2.60. The van der Waals surface area contributed by atoms with Crippen LogP contribution in [-0.2, 0) is 4.79 Å². The molecule has 6 heteroatoms. The van der Waals surface area contributed by atoms with Gasteiger partial charge in [-0.15, -0.1) is 0 Å². The number of amides is 1. The van der Waals surface area contributed by atoms with Crippen molar-refractivity contribution in [3.8, 4) is 0 Å². The highest BCUT2D eigenvalue weighted by Crippen LogP contribution is 2.31. The van der Waals surface area contributed by atoms with Crippen molar-refractivity contribution in [1.82, 2.24) is 10.2 Å². The SMILES string of the molecule is CNC1(C(C)=O)CN(c2cccc3ccccc23)CCN1C(=O)O. The molecule has 0 bridgehead atoms. The molecule has 2 aromatic carbocycles. The maximum atomic E-state index is 12.3. The van der Waals surface area contributed by atoms with Crippen LogP contribution >= 0.6 is 0 Å². The van der Waals surface area contributed by atoms with E-state index in [1.165, 1.54) is 11.8 Å². The summed E-state index contributed by atoms with van der Waals surface area (Å²) >= 11 is 0. The smallest absolute Gasteiger partial charge is 0.409 e. The number of fused-ring (bicyclic) bond motifs is 1. The molecule has 1 unspecified atom stereocenters. The van der Waals surface area contributed by atoms with Gasteiger partial charge >= 0.3 is 6.09 Å². The molecular formula is C18H21N3O3. The highest BCUT2D eigenvalue weighted by atomic mass is 16.4. The van der Waals surface area contributed by atoms with Crippen LogP contribution in [0.1, 0.15) is 6.92 Å². The number of hydrogen-bond donors (Lipinski definition) is 2. The van der Waals surface area contributed by atoms with Crippen molar-refractivity contribution < 1.29 is 14.7 Å². The lowest BCUT2D eigenvalue weighted by atomic mass is 9.98. The van der Waals surface area contributed by atoms with Crippen LogP contribution in [0.15, 0.2) is 42.5 Å². The summed E-state index contributed by atoms with van der Waals surface area (Å²) < 4.78 is 0.